The molecule has 4 heteroatoms. The molecule has 0 heterocycles. The number of benzene rings is 1. The molecule has 100 valence electrons. The van der Waals surface area contributed by atoms with Gasteiger partial charge in [0.2, 0.25) is 5.91 Å². The topological polar surface area (TPSA) is 41.1 Å². The van der Waals surface area contributed by atoms with E-state index in [0.29, 0.717) is 12.5 Å². The van der Waals surface area contributed by atoms with Gasteiger partial charge < -0.3 is 10.6 Å². The summed E-state index contributed by atoms with van der Waals surface area (Å²) in [5, 5.41) is 6.68. The van der Waals surface area contributed by atoms with Crippen molar-refractivity contribution in [1.82, 2.24) is 10.6 Å². The van der Waals surface area contributed by atoms with Crippen molar-refractivity contribution >= 4 is 17.5 Å². The van der Waals surface area contributed by atoms with Gasteiger partial charge >= 0.3 is 0 Å². The van der Waals surface area contributed by atoms with Crippen molar-refractivity contribution in [3.63, 3.8) is 0 Å². The third-order valence-corrected chi connectivity index (χ3v) is 2.95. The minimum atomic E-state index is -0.158. The summed E-state index contributed by atoms with van der Waals surface area (Å²) >= 11 is 5.93. The summed E-state index contributed by atoms with van der Waals surface area (Å²) in [4.78, 5) is 11.7. The van der Waals surface area contributed by atoms with Crippen LogP contribution in [-0.2, 0) is 11.3 Å². The van der Waals surface area contributed by atoms with Crippen molar-refractivity contribution in [2.24, 2.45) is 5.92 Å². The van der Waals surface area contributed by atoms with Crippen LogP contribution in [0.1, 0.15) is 25.8 Å². The Morgan fingerprint density at radius 3 is 2.67 bits per heavy atom. The predicted octanol–water partition coefficient (Wildman–Crippen LogP) is 2.59. The third kappa shape index (κ3) is 5.07. The minimum absolute atomic E-state index is 0.0331. The van der Waals surface area contributed by atoms with Crippen LogP contribution in [0.2, 0.25) is 5.02 Å². The fourth-order valence-corrected chi connectivity index (χ4v) is 2.03. The Hall–Kier alpha value is -1.06. The number of carbonyl (C=O) groups excluding carboxylic acids is 1. The summed E-state index contributed by atoms with van der Waals surface area (Å²) in [5.41, 5.74) is 1.08. The van der Waals surface area contributed by atoms with Crippen LogP contribution in [0.4, 0.5) is 0 Å². The van der Waals surface area contributed by atoms with Crippen molar-refractivity contribution in [3.05, 3.63) is 34.9 Å². The molecular formula is C14H21ClN2O. The summed E-state index contributed by atoms with van der Waals surface area (Å²) in [6, 6.07) is 7.50. The van der Waals surface area contributed by atoms with Crippen molar-refractivity contribution in [1.29, 1.82) is 0 Å². The third-order valence-electron chi connectivity index (χ3n) is 2.71. The van der Waals surface area contributed by atoms with Crippen molar-refractivity contribution in [2.45, 2.75) is 32.9 Å². The Morgan fingerprint density at radius 1 is 1.39 bits per heavy atom. The van der Waals surface area contributed by atoms with Gasteiger partial charge in [-0.05, 0) is 30.0 Å². The summed E-state index contributed by atoms with van der Waals surface area (Å²) in [6.45, 7) is 4.86. The second-order valence-electron chi connectivity index (χ2n) is 4.81. The number of nitrogens with one attached hydrogen (secondary N) is 2. The Balaban J connectivity index is 2.58. The molecule has 1 unspecified atom stereocenters. The largest absolute Gasteiger partial charge is 0.358 e. The van der Waals surface area contributed by atoms with E-state index in [1.54, 1.807) is 7.05 Å². The first-order valence-corrected chi connectivity index (χ1v) is 6.60. The maximum atomic E-state index is 11.7. The van der Waals surface area contributed by atoms with Gasteiger partial charge in [0.05, 0.1) is 6.04 Å². The molecule has 0 aromatic heterocycles. The molecule has 1 amide bonds. The maximum Gasteiger partial charge on any atom is 0.236 e. The minimum Gasteiger partial charge on any atom is -0.358 e. The molecule has 0 bridgehead atoms. The van der Waals surface area contributed by atoms with Crippen LogP contribution in [0.5, 0.6) is 0 Å². The van der Waals surface area contributed by atoms with E-state index in [9.17, 15) is 4.79 Å². The van der Waals surface area contributed by atoms with E-state index in [2.05, 4.69) is 24.5 Å². The van der Waals surface area contributed by atoms with Gasteiger partial charge in [-0.2, -0.15) is 0 Å². The van der Waals surface area contributed by atoms with E-state index in [0.717, 1.165) is 17.0 Å². The summed E-state index contributed by atoms with van der Waals surface area (Å²) in [5.74, 6) is 0.505. The van der Waals surface area contributed by atoms with Gasteiger partial charge in [-0.25, -0.2) is 0 Å². The van der Waals surface area contributed by atoms with Crippen molar-refractivity contribution in [3.8, 4) is 0 Å². The highest BCUT2D eigenvalue weighted by molar-refractivity contribution is 6.30. The van der Waals surface area contributed by atoms with E-state index in [1.165, 1.54) is 0 Å². The molecule has 0 aliphatic heterocycles. The van der Waals surface area contributed by atoms with E-state index in [1.807, 2.05) is 24.3 Å². The molecule has 3 nitrogen and oxygen atoms in total. The Kier molecular flexibility index (Phi) is 6.16. The van der Waals surface area contributed by atoms with Crippen molar-refractivity contribution in [2.75, 3.05) is 7.05 Å². The maximum absolute atomic E-state index is 11.7. The average Bonchev–Trinajstić information content (AvgIpc) is 2.33. The fourth-order valence-electron chi connectivity index (χ4n) is 1.82. The number of rotatable bonds is 6. The van der Waals surface area contributed by atoms with Gasteiger partial charge in [0.15, 0.2) is 0 Å². The lowest BCUT2D eigenvalue weighted by molar-refractivity contribution is -0.123. The zero-order chi connectivity index (χ0) is 13.5. The molecule has 0 saturated heterocycles. The molecule has 1 aromatic carbocycles. The van der Waals surface area contributed by atoms with Gasteiger partial charge in [-0.1, -0.05) is 37.6 Å². The Bertz CT molecular complexity index is 393. The van der Waals surface area contributed by atoms with Crippen LogP contribution >= 0.6 is 11.6 Å². The molecule has 0 aliphatic carbocycles. The normalized spacial score (nSPS) is 12.5. The molecule has 18 heavy (non-hydrogen) atoms. The lowest BCUT2D eigenvalue weighted by atomic mass is 10.0. The number of amides is 1. The summed E-state index contributed by atoms with van der Waals surface area (Å²) in [6.07, 6.45) is 0.820. The highest BCUT2D eigenvalue weighted by Crippen LogP contribution is 2.11. The number of hydrogen-bond acceptors (Lipinski definition) is 2. The van der Waals surface area contributed by atoms with Gasteiger partial charge in [-0.15, -0.1) is 0 Å². The van der Waals surface area contributed by atoms with E-state index < -0.39 is 0 Å². The van der Waals surface area contributed by atoms with Gasteiger partial charge in [0, 0.05) is 18.6 Å². The van der Waals surface area contributed by atoms with E-state index in [4.69, 9.17) is 11.6 Å². The molecule has 0 radical (unpaired) electrons. The van der Waals surface area contributed by atoms with Crippen LogP contribution in [-0.4, -0.2) is 19.0 Å². The smallest absolute Gasteiger partial charge is 0.236 e. The Labute approximate surface area is 114 Å². The van der Waals surface area contributed by atoms with Gasteiger partial charge in [0.1, 0.15) is 0 Å². The molecule has 0 spiro atoms. The molecular weight excluding hydrogens is 248 g/mol. The quantitative estimate of drug-likeness (QED) is 0.833. The first-order chi connectivity index (χ1) is 8.52. The lowest BCUT2D eigenvalue weighted by Gasteiger charge is -2.19. The van der Waals surface area contributed by atoms with Crippen LogP contribution in [0, 0.1) is 5.92 Å². The molecule has 1 aromatic rings. The van der Waals surface area contributed by atoms with Gasteiger partial charge in [0.25, 0.3) is 0 Å². The van der Waals surface area contributed by atoms with Crippen LogP contribution in [0.3, 0.4) is 0 Å². The molecule has 0 saturated carbocycles. The number of carbonyl (C=O) groups is 1. The van der Waals surface area contributed by atoms with E-state index >= 15 is 0 Å². The molecule has 1 atom stereocenters. The zero-order valence-electron chi connectivity index (χ0n) is 11.2. The molecule has 0 fully saturated rings. The first kappa shape index (κ1) is 15.0. The zero-order valence-corrected chi connectivity index (χ0v) is 11.9. The second kappa shape index (κ2) is 7.39. The Morgan fingerprint density at radius 2 is 2.11 bits per heavy atom. The lowest BCUT2D eigenvalue weighted by Crippen LogP contribution is -2.43. The van der Waals surface area contributed by atoms with Crippen LogP contribution in [0.25, 0.3) is 0 Å². The van der Waals surface area contributed by atoms with E-state index in [-0.39, 0.29) is 11.9 Å². The fraction of sp³-hybridized carbons (Fsp3) is 0.500. The molecule has 1 rings (SSSR count). The number of hydrogen-bond donors (Lipinski definition) is 2. The van der Waals surface area contributed by atoms with Crippen LogP contribution in [0.15, 0.2) is 24.3 Å². The summed E-state index contributed by atoms with van der Waals surface area (Å²) < 4.78 is 0. The molecule has 0 aliphatic rings. The SMILES string of the molecule is CNC(=O)C(CC(C)C)NCc1cccc(Cl)c1. The average molecular weight is 269 g/mol. The second-order valence-corrected chi connectivity index (χ2v) is 5.24. The monoisotopic (exact) mass is 268 g/mol. The summed E-state index contributed by atoms with van der Waals surface area (Å²) in [7, 11) is 1.66. The number of halogens is 1. The predicted molar refractivity (Wildman–Crippen MR) is 75.6 cm³/mol. The first-order valence-electron chi connectivity index (χ1n) is 6.22. The number of likely N-dealkylation sites (N-methyl/N-ethyl adjacent to an activating group) is 1. The van der Waals surface area contributed by atoms with Gasteiger partial charge in [-0.3, -0.25) is 4.79 Å². The van der Waals surface area contributed by atoms with Crippen molar-refractivity contribution < 1.29 is 4.79 Å². The van der Waals surface area contributed by atoms with Crippen LogP contribution < -0.4 is 10.6 Å². The molecule has 2 N–H and O–H groups in total. The highest BCUT2D eigenvalue weighted by Gasteiger charge is 2.17. The highest BCUT2D eigenvalue weighted by atomic mass is 35.5. The standard InChI is InChI=1S/C14H21ClN2O/c1-10(2)7-13(14(18)16-3)17-9-11-5-4-6-12(15)8-11/h4-6,8,10,13,17H,7,9H2,1-3H3,(H,16,18).